The number of nitrogens with one attached hydrogen (secondary N) is 1. The molecule has 2 aromatic rings. The highest BCUT2D eigenvalue weighted by molar-refractivity contribution is 6.00. The summed E-state index contributed by atoms with van der Waals surface area (Å²) >= 11 is 0. The van der Waals surface area contributed by atoms with Crippen LogP contribution in [0, 0.1) is 0 Å². The molecule has 7 nitrogen and oxygen atoms in total. The van der Waals surface area contributed by atoms with Crippen LogP contribution in [0.5, 0.6) is 17.4 Å². The smallest absolute Gasteiger partial charge is 0.417 e. The average molecular weight is 447 g/mol. The van der Waals surface area contributed by atoms with Crippen LogP contribution < -0.4 is 14.8 Å². The number of pyridine rings is 1. The number of hydrogen-bond donors (Lipinski definition) is 1. The van der Waals surface area contributed by atoms with Crippen molar-refractivity contribution in [3.8, 4) is 17.4 Å². The van der Waals surface area contributed by atoms with Gasteiger partial charge in [0, 0.05) is 42.8 Å². The third-order valence-corrected chi connectivity index (χ3v) is 5.80. The molecular formula is C22H20F3N3O4. The lowest BCUT2D eigenvalue weighted by Gasteiger charge is -2.24. The van der Waals surface area contributed by atoms with Crippen molar-refractivity contribution >= 4 is 17.5 Å². The van der Waals surface area contributed by atoms with E-state index in [1.54, 1.807) is 17.0 Å². The summed E-state index contributed by atoms with van der Waals surface area (Å²) in [4.78, 5) is 30.6. The van der Waals surface area contributed by atoms with Crippen LogP contribution in [-0.4, -0.2) is 40.4 Å². The van der Waals surface area contributed by atoms with Gasteiger partial charge in [0.15, 0.2) is 0 Å². The van der Waals surface area contributed by atoms with Gasteiger partial charge in [0.1, 0.15) is 17.5 Å². The summed E-state index contributed by atoms with van der Waals surface area (Å²) in [5.74, 6) is 0.562. The largest absolute Gasteiger partial charge is 0.491 e. The molecule has 10 heteroatoms. The van der Waals surface area contributed by atoms with Gasteiger partial charge in [-0.25, -0.2) is 4.98 Å². The number of fused-ring (bicyclic) bond motifs is 1. The first-order valence-corrected chi connectivity index (χ1v) is 10.4. The fraction of sp³-hybridized carbons (Fsp3) is 0.409. The van der Waals surface area contributed by atoms with E-state index in [-0.39, 0.29) is 23.7 Å². The molecule has 2 fully saturated rings. The highest BCUT2D eigenvalue weighted by Crippen LogP contribution is 2.40. The monoisotopic (exact) mass is 447 g/mol. The zero-order chi connectivity index (χ0) is 22.5. The van der Waals surface area contributed by atoms with E-state index >= 15 is 0 Å². The Morgan fingerprint density at radius 2 is 2.00 bits per heavy atom. The number of ether oxygens (including phenoxy) is 2. The number of halogens is 3. The van der Waals surface area contributed by atoms with Crippen LogP contribution in [0.2, 0.25) is 0 Å². The zero-order valence-corrected chi connectivity index (χ0v) is 16.9. The predicted octanol–water partition coefficient (Wildman–Crippen LogP) is 3.92. The number of carbonyl (C=O) groups excluding carboxylic acids is 2. The van der Waals surface area contributed by atoms with E-state index < -0.39 is 17.8 Å². The van der Waals surface area contributed by atoms with Crippen molar-refractivity contribution in [2.75, 3.05) is 11.9 Å². The molecular weight excluding hydrogens is 427 g/mol. The Labute approximate surface area is 181 Å². The zero-order valence-electron chi connectivity index (χ0n) is 16.9. The minimum Gasteiger partial charge on any atom is -0.491 e. The third kappa shape index (κ3) is 3.96. The van der Waals surface area contributed by atoms with Crippen LogP contribution in [0.1, 0.15) is 36.8 Å². The number of rotatable bonds is 5. The molecule has 0 spiro atoms. The van der Waals surface area contributed by atoms with Crippen LogP contribution >= 0.6 is 0 Å². The summed E-state index contributed by atoms with van der Waals surface area (Å²) in [7, 11) is 0. The minimum absolute atomic E-state index is 0.000379. The number of carbonyl (C=O) groups is 2. The van der Waals surface area contributed by atoms with Gasteiger partial charge in [-0.05, 0) is 31.4 Å². The Morgan fingerprint density at radius 1 is 1.19 bits per heavy atom. The van der Waals surface area contributed by atoms with Crippen LogP contribution in [0.4, 0.5) is 18.9 Å². The van der Waals surface area contributed by atoms with Crippen molar-refractivity contribution in [2.45, 2.75) is 50.4 Å². The van der Waals surface area contributed by atoms with Crippen LogP contribution in [0.15, 0.2) is 30.5 Å². The first-order chi connectivity index (χ1) is 15.3. The second kappa shape index (κ2) is 7.68. The topological polar surface area (TPSA) is 80.8 Å². The van der Waals surface area contributed by atoms with E-state index in [1.807, 2.05) is 0 Å². The van der Waals surface area contributed by atoms with E-state index in [1.165, 1.54) is 0 Å². The molecule has 5 rings (SSSR count). The lowest BCUT2D eigenvalue weighted by molar-refractivity contribution is -0.137. The first-order valence-electron chi connectivity index (χ1n) is 10.4. The molecule has 1 aromatic carbocycles. The first kappa shape index (κ1) is 20.6. The predicted molar refractivity (Wildman–Crippen MR) is 106 cm³/mol. The molecule has 1 aliphatic carbocycles. The molecule has 1 saturated carbocycles. The second-order valence-corrected chi connectivity index (χ2v) is 8.12. The van der Waals surface area contributed by atoms with E-state index in [9.17, 15) is 22.8 Å². The number of alkyl halides is 3. The molecule has 32 heavy (non-hydrogen) atoms. The number of likely N-dealkylation sites (tertiary alicyclic amines) is 1. The summed E-state index contributed by atoms with van der Waals surface area (Å²) in [5, 5.41) is 2.87. The summed E-state index contributed by atoms with van der Waals surface area (Å²) in [6, 6.07) is 4.93. The van der Waals surface area contributed by atoms with Crippen molar-refractivity contribution in [3.63, 3.8) is 0 Å². The van der Waals surface area contributed by atoms with Crippen LogP contribution in [0.25, 0.3) is 0 Å². The molecule has 0 radical (unpaired) electrons. The van der Waals surface area contributed by atoms with Crippen molar-refractivity contribution in [2.24, 2.45) is 0 Å². The number of benzene rings is 1. The third-order valence-electron chi connectivity index (χ3n) is 5.80. The molecule has 0 bridgehead atoms. The fourth-order valence-electron chi connectivity index (χ4n) is 4.15. The molecule has 1 aromatic heterocycles. The van der Waals surface area contributed by atoms with Gasteiger partial charge in [0.25, 0.3) is 0 Å². The highest BCUT2D eigenvalue weighted by Gasteiger charge is 2.44. The quantitative estimate of drug-likeness (QED) is 0.752. The van der Waals surface area contributed by atoms with E-state index in [2.05, 4.69) is 10.3 Å². The molecule has 2 amide bonds. The lowest BCUT2D eigenvalue weighted by Crippen LogP contribution is -2.42. The Balaban J connectivity index is 1.36. The SMILES string of the molecule is O=C(Nc1cc(Oc2ccc(C(F)(F)F)cn2)cc2c1OCC2)[C@H]1CCC(=O)N1C1CC1. The lowest BCUT2D eigenvalue weighted by atomic mass is 10.1. The minimum atomic E-state index is -4.48. The summed E-state index contributed by atoms with van der Waals surface area (Å²) in [5.41, 5.74) is 0.347. The normalized spacial score (nSPS) is 20.2. The molecule has 3 heterocycles. The molecule has 168 valence electrons. The molecule has 3 aliphatic rings. The highest BCUT2D eigenvalue weighted by atomic mass is 19.4. The van der Waals surface area contributed by atoms with Gasteiger partial charge in [0.05, 0.1) is 17.9 Å². The summed E-state index contributed by atoms with van der Waals surface area (Å²) in [6.45, 7) is 0.441. The van der Waals surface area contributed by atoms with E-state index in [0.717, 1.165) is 30.5 Å². The molecule has 2 aliphatic heterocycles. The number of anilines is 1. The van der Waals surface area contributed by atoms with Gasteiger partial charge in [-0.1, -0.05) is 0 Å². The van der Waals surface area contributed by atoms with Gasteiger partial charge in [-0.15, -0.1) is 0 Å². The maximum Gasteiger partial charge on any atom is 0.417 e. The van der Waals surface area contributed by atoms with Crippen molar-refractivity contribution in [1.29, 1.82) is 0 Å². The Morgan fingerprint density at radius 3 is 2.69 bits per heavy atom. The number of hydrogen-bond acceptors (Lipinski definition) is 5. The van der Waals surface area contributed by atoms with Crippen LogP contribution in [-0.2, 0) is 22.2 Å². The molecule has 0 unspecified atom stereocenters. The van der Waals surface area contributed by atoms with E-state index in [0.29, 0.717) is 49.3 Å². The molecule has 1 N–H and O–H groups in total. The Bertz CT molecular complexity index is 1070. The van der Waals surface area contributed by atoms with Gasteiger partial charge in [0.2, 0.25) is 17.7 Å². The maximum absolute atomic E-state index is 13.0. The van der Waals surface area contributed by atoms with Gasteiger partial charge in [-0.3, -0.25) is 9.59 Å². The summed E-state index contributed by atoms with van der Waals surface area (Å²) < 4.78 is 49.6. The van der Waals surface area contributed by atoms with Crippen molar-refractivity contribution in [3.05, 3.63) is 41.6 Å². The molecule has 1 saturated heterocycles. The van der Waals surface area contributed by atoms with Crippen LogP contribution in [0.3, 0.4) is 0 Å². The standard InChI is InChI=1S/C22H20F3N3O4/c23-22(24,25)13-1-5-18(26-11-13)32-15-9-12-7-8-31-20(12)16(10-15)27-21(30)17-4-6-19(29)28(17)14-2-3-14/h1,5,9-11,14,17H,2-4,6-8H2,(H,27,30)/t17-/m1/s1. The van der Waals surface area contributed by atoms with Crippen molar-refractivity contribution in [1.82, 2.24) is 9.88 Å². The Kier molecular flexibility index (Phi) is 4.94. The number of amides is 2. The van der Waals surface area contributed by atoms with Gasteiger partial charge >= 0.3 is 6.18 Å². The molecule has 1 atom stereocenters. The summed E-state index contributed by atoms with van der Waals surface area (Å²) in [6.07, 6.45) is -0.523. The van der Waals surface area contributed by atoms with Gasteiger partial charge in [-0.2, -0.15) is 13.2 Å². The second-order valence-electron chi connectivity index (χ2n) is 8.12. The van der Waals surface area contributed by atoms with E-state index in [4.69, 9.17) is 9.47 Å². The van der Waals surface area contributed by atoms with Gasteiger partial charge < -0.3 is 19.7 Å². The fourth-order valence-corrected chi connectivity index (χ4v) is 4.15. The maximum atomic E-state index is 13.0. The Hall–Kier alpha value is -3.30. The number of nitrogens with zero attached hydrogens (tertiary/aromatic N) is 2. The average Bonchev–Trinajstić information content (AvgIpc) is 3.32. The number of aromatic nitrogens is 1. The van der Waals surface area contributed by atoms with Crippen molar-refractivity contribution < 1.29 is 32.2 Å².